The van der Waals surface area contributed by atoms with Gasteiger partial charge in [0.15, 0.2) is 11.6 Å². The lowest BCUT2D eigenvalue weighted by Crippen LogP contribution is -2.12. The first-order valence-electron chi connectivity index (χ1n) is 5.83. The number of Topliss-reactive ketones (excluding diaryl/α,β-unsaturated/α-hetero) is 2. The molecule has 0 saturated carbocycles. The van der Waals surface area contributed by atoms with E-state index in [1.807, 2.05) is 0 Å². The number of ketones is 2. The molecule has 0 radical (unpaired) electrons. The number of carbonyl (C=O) groups is 2. The highest BCUT2D eigenvalue weighted by molar-refractivity contribution is 6.13. The van der Waals surface area contributed by atoms with Gasteiger partial charge in [-0.05, 0) is 13.8 Å². The predicted molar refractivity (Wildman–Crippen MR) is 68.0 cm³/mol. The summed E-state index contributed by atoms with van der Waals surface area (Å²) in [5.41, 5.74) is 1.87. The van der Waals surface area contributed by atoms with Crippen LogP contribution in [0.3, 0.4) is 0 Å². The molecule has 0 atom stereocenters. The van der Waals surface area contributed by atoms with Gasteiger partial charge in [-0.1, -0.05) is 0 Å². The first-order valence-corrected chi connectivity index (χ1v) is 5.83. The maximum atomic E-state index is 12.1. The average Bonchev–Trinajstić information content (AvgIpc) is 2.69. The van der Waals surface area contributed by atoms with E-state index in [-0.39, 0.29) is 23.7 Å². The van der Waals surface area contributed by atoms with Crippen LogP contribution in [0, 0.1) is 13.8 Å². The summed E-state index contributed by atoms with van der Waals surface area (Å²) < 4.78 is 1.56. The van der Waals surface area contributed by atoms with Crippen LogP contribution in [0.15, 0.2) is 18.6 Å². The zero-order chi connectivity index (χ0) is 14.0. The van der Waals surface area contributed by atoms with Crippen molar-refractivity contribution in [3.63, 3.8) is 0 Å². The number of carbonyl (C=O) groups excluding carboxylic acids is 2. The van der Waals surface area contributed by atoms with Crippen molar-refractivity contribution in [2.45, 2.75) is 20.3 Å². The average molecular weight is 258 g/mol. The molecule has 6 nitrogen and oxygen atoms in total. The lowest BCUT2D eigenvalue weighted by atomic mass is 10.0. The van der Waals surface area contributed by atoms with E-state index < -0.39 is 0 Å². The molecule has 0 aliphatic heterocycles. The van der Waals surface area contributed by atoms with E-state index in [2.05, 4.69) is 15.1 Å². The van der Waals surface area contributed by atoms with Gasteiger partial charge in [-0.2, -0.15) is 5.10 Å². The van der Waals surface area contributed by atoms with Gasteiger partial charge >= 0.3 is 0 Å². The van der Waals surface area contributed by atoms with Crippen molar-refractivity contribution in [3.05, 3.63) is 41.2 Å². The monoisotopic (exact) mass is 258 g/mol. The maximum Gasteiger partial charge on any atom is 0.190 e. The molecular formula is C13H14N4O2. The Labute approximate surface area is 110 Å². The third kappa shape index (κ3) is 2.73. The first-order chi connectivity index (χ1) is 8.99. The molecule has 98 valence electrons. The van der Waals surface area contributed by atoms with Gasteiger partial charge in [-0.15, -0.1) is 0 Å². The molecule has 2 heterocycles. The van der Waals surface area contributed by atoms with Crippen LogP contribution in [0.1, 0.15) is 38.7 Å². The van der Waals surface area contributed by atoms with Crippen LogP contribution in [0.5, 0.6) is 0 Å². The van der Waals surface area contributed by atoms with E-state index in [4.69, 9.17) is 0 Å². The Bertz CT molecular complexity index is 646. The quantitative estimate of drug-likeness (QED) is 0.610. The number of rotatable bonds is 4. The Morgan fingerprint density at radius 1 is 1.11 bits per heavy atom. The van der Waals surface area contributed by atoms with Crippen molar-refractivity contribution in [2.24, 2.45) is 7.05 Å². The van der Waals surface area contributed by atoms with Gasteiger partial charge in [0.1, 0.15) is 5.69 Å². The molecular weight excluding hydrogens is 244 g/mol. The summed E-state index contributed by atoms with van der Waals surface area (Å²) in [4.78, 5) is 32.0. The molecule has 0 bridgehead atoms. The van der Waals surface area contributed by atoms with Crippen molar-refractivity contribution in [3.8, 4) is 0 Å². The number of hydrogen-bond donors (Lipinski definition) is 0. The van der Waals surface area contributed by atoms with E-state index in [9.17, 15) is 9.59 Å². The molecule has 0 unspecified atom stereocenters. The van der Waals surface area contributed by atoms with Crippen LogP contribution in [0.25, 0.3) is 0 Å². The summed E-state index contributed by atoms with van der Waals surface area (Å²) in [7, 11) is 1.73. The minimum atomic E-state index is -0.321. The number of hydrogen-bond acceptors (Lipinski definition) is 5. The zero-order valence-corrected chi connectivity index (χ0v) is 11.0. The van der Waals surface area contributed by atoms with E-state index in [0.717, 1.165) is 0 Å². The van der Waals surface area contributed by atoms with Crippen molar-refractivity contribution in [2.75, 3.05) is 0 Å². The Morgan fingerprint density at radius 3 is 2.37 bits per heavy atom. The van der Waals surface area contributed by atoms with Gasteiger partial charge in [-0.3, -0.25) is 19.3 Å². The Morgan fingerprint density at radius 2 is 1.79 bits per heavy atom. The Hall–Kier alpha value is -2.37. The summed E-state index contributed by atoms with van der Waals surface area (Å²) in [5, 5.41) is 4.09. The summed E-state index contributed by atoms with van der Waals surface area (Å²) in [5.74, 6) is -0.570. The molecule has 2 aromatic rings. The van der Waals surface area contributed by atoms with E-state index >= 15 is 0 Å². The minimum Gasteiger partial charge on any atom is -0.294 e. The second-order valence-corrected chi connectivity index (χ2v) is 4.32. The minimum absolute atomic E-state index is 0.216. The van der Waals surface area contributed by atoms with Crippen molar-refractivity contribution >= 4 is 11.6 Å². The molecule has 2 rings (SSSR count). The first kappa shape index (κ1) is 13.1. The molecule has 0 aliphatic carbocycles. The van der Waals surface area contributed by atoms with Crippen molar-refractivity contribution < 1.29 is 9.59 Å². The third-order valence-corrected chi connectivity index (χ3v) is 2.78. The highest BCUT2D eigenvalue weighted by Gasteiger charge is 2.19. The Balaban J connectivity index is 2.18. The fourth-order valence-electron chi connectivity index (χ4n) is 1.88. The Kier molecular flexibility index (Phi) is 3.50. The maximum absolute atomic E-state index is 12.1. The van der Waals surface area contributed by atoms with Gasteiger partial charge in [0.25, 0.3) is 0 Å². The standard InChI is InChI=1S/C13H14N4O2/c1-8-10(7-17(3)16-8)11(18)6-12(19)13-9(2)14-4-5-15-13/h4-5,7H,6H2,1-3H3. The van der Waals surface area contributed by atoms with Crippen LogP contribution in [0.2, 0.25) is 0 Å². The van der Waals surface area contributed by atoms with Gasteiger partial charge < -0.3 is 0 Å². The largest absolute Gasteiger partial charge is 0.294 e. The van der Waals surface area contributed by atoms with Crippen LogP contribution < -0.4 is 0 Å². The molecule has 19 heavy (non-hydrogen) atoms. The fraction of sp³-hybridized carbons (Fsp3) is 0.308. The SMILES string of the molecule is Cc1nn(C)cc1C(=O)CC(=O)c1nccnc1C. The van der Waals surface area contributed by atoms with Crippen LogP contribution >= 0.6 is 0 Å². The molecule has 0 N–H and O–H groups in total. The highest BCUT2D eigenvalue weighted by Crippen LogP contribution is 2.11. The lowest BCUT2D eigenvalue weighted by molar-refractivity contribution is 0.0890. The molecule has 0 spiro atoms. The van der Waals surface area contributed by atoms with E-state index in [0.29, 0.717) is 17.0 Å². The van der Waals surface area contributed by atoms with Crippen molar-refractivity contribution in [1.29, 1.82) is 0 Å². The summed E-state index contributed by atoms with van der Waals surface area (Å²) in [6.45, 7) is 3.44. The molecule has 0 aromatic carbocycles. The third-order valence-electron chi connectivity index (χ3n) is 2.78. The fourth-order valence-corrected chi connectivity index (χ4v) is 1.88. The summed E-state index contributed by atoms with van der Waals surface area (Å²) in [6.07, 6.45) is 4.36. The molecule has 0 saturated heterocycles. The van der Waals surface area contributed by atoms with Gasteiger partial charge in [0.2, 0.25) is 0 Å². The predicted octanol–water partition coefficient (Wildman–Crippen LogP) is 1.28. The molecule has 2 aromatic heterocycles. The van der Waals surface area contributed by atoms with Crippen LogP contribution in [-0.2, 0) is 7.05 Å². The topological polar surface area (TPSA) is 77.7 Å². The second kappa shape index (κ2) is 5.09. The van der Waals surface area contributed by atoms with Crippen molar-refractivity contribution in [1.82, 2.24) is 19.7 Å². The van der Waals surface area contributed by atoms with Gasteiger partial charge in [-0.25, -0.2) is 4.98 Å². The lowest BCUT2D eigenvalue weighted by Gasteiger charge is -2.01. The van der Waals surface area contributed by atoms with E-state index in [1.54, 1.807) is 31.8 Å². The summed E-state index contributed by atoms with van der Waals surface area (Å²) in [6, 6.07) is 0. The van der Waals surface area contributed by atoms with Crippen LogP contribution in [0.4, 0.5) is 0 Å². The van der Waals surface area contributed by atoms with E-state index in [1.165, 1.54) is 12.4 Å². The number of aryl methyl sites for hydroxylation is 3. The molecule has 0 amide bonds. The number of aromatic nitrogens is 4. The highest BCUT2D eigenvalue weighted by atomic mass is 16.1. The van der Waals surface area contributed by atoms with Gasteiger partial charge in [0, 0.05) is 25.6 Å². The normalized spacial score (nSPS) is 10.5. The van der Waals surface area contributed by atoms with Crippen LogP contribution in [-0.4, -0.2) is 31.3 Å². The smallest absolute Gasteiger partial charge is 0.190 e. The second-order valence-electron chi connectivity index (χ2n) is 4.32. The van der Waals surface area contributed by atoms with Gasteiger partial charge in [0.05, 0.1) is 23.4 Å². The molecule has 6 heteroatoms. The number of nitrogens with zero attached hydrogens (tertiary/aromatic N) is 4. The zero-order valence-electron chi connectivity index (χ0n) is 11.0. The molecule has 0 fully saturated rings. The summed E-state index contributed by atoms with van der Waals surface area (Å²) >= 11 is 0. The molecule has 0 aliphatic rings.